The average Bonchev–Trinajstić information content (AvgIpc) is 2.68. The lowest BCUT2D eigenvalue weighted by molar-refractivity contribution is -0.117. The number of hydrogen-bond donors (Lipinski definition) is 3. The number of halogens is 2. The van der Waals surface area contributed by atoms with E-state index in [2.05, 4.69) is 48.6 Å². The molecule has 0 bridgehead atoms. The van der Waals surface area contributed by atoms with E-state index in [9.17, 15) is 14.7 Å². The summed E-state index contributed by atoms with van der Waals surface area (Å²) in [6.07, 6.45) is 6.38. The average molecular weight is 552 g/mol. The van der Waals surface area contributed by atoms with Crippen molar-refractivity contribution in [3.63, 3.8) is 0 Å². The summed E-state index contributed by atoms with van der Waals surface area (Å²) in [4.78, 5) is 22.5. The van der Waals surface area contributed by atoms with E-state index in [0.717, 1.165) is 44.5 Å². The molecule has 0 aromatic heterocycles. The summed E-state index contributed by atoms with van der Waals surface area (Å²) in [5, 5.41) is 15.1. The maximum Gasteiger partial charge on any atom is 0.224 e. The van der Waals surface area contributed by atoms with Gasteiger partial charge in [0, 0.05) is 21.8 Å². The van der Waals surface area contributed by atoms with Gasteiger partial charge in [0.1, 0.15) is 11.5 Å². The highest BCUT2D eigenvalue weighted by molar-refractivity contribution is 9.10. The summed E-state index contributed by atoms with van der Waals surface area (Å²) < 4.78 is 7.74. The number of aryl methyl sites for hydroxylation is 2. The lowest BCUT2D eigenvalue weighted by atomic mass is 9.86. The SMILES string of the molecule is O=C1CCc2cc(Br)cc(O)c2N1.O=C1CCc2cc(Br)cc(OCC3CCC3)c2N1. The molecule has 0 radical (unpaired) electrons. The van der Waals surface area contributed by atoms with Crippen molar-refractivity contribution in [2.75, 3.05) is 17.2 Å². The smallest absolute Gasteiger partial charge is 0.224 e. The minimum atomic E-state index is -0.0369. The molecule has 2 aliphatic heterocycles. The first-order chi connectivity index (χ1) is 14.9. The van der Waals surface area contributed by atoms with Crippen molar-refractivity contribution in [1.82, 2.24) is 0 Å². The molecule has 1 aliphatic carbocycles. The van der Waals surface area contributed by atoms with Crippen molar-refractivity contribution in [1.29, 1.82) is 0 Å². The van der Waals surface area contributed by atoms with Gasteiger partial charge >= 0.3 is 0 Å². The van der Waals surface area contributed by atoms with E-state index in [-0.39, 0.29) is 17.6 Å². The van der Waals surface area contributed by atoms with Crippen LogP contribution in [0.15, 0.2) is 33.2 Å². The van der Waals surface area contributed by atoms with Gasteiger partial charge in [0.2, 0.25) is 11.8 Å². The molecule has 0 atom stereocenters. The monoisotopic (exact) mass is 550 g/mol. The first-order valence-corrected chi connectivity index (χ1v) is 12.0. The first kappa shape index (κ1) is 22.1. The zero-order chi connectivity index (χ0) is 22.0. The number of carbonyl (C=O) groups excluding carboxylic acids is 2. The van der Waals surface area contributed by atoms with Crippen LogP contribution in [0.1, 0.15) is 43.2 Å². The van der Waals surface area contributed by atoms with Crippen LogP contribution in [0.25, 0.3) is 0 Å². The molecule has 3 aliphatic rings. The Bertz CT molecular complexity index is 1020. The van der Waals surface area contributed by atoms with Gasteiger partial charge in [-0.15, -0.1) is 0 Å². The number of nitrogens with one attached hydrogen (secondary N) is 2. The molecule has 0 unspecified atom stereocenters. The number of aromatic hydroxyl groups is 1. The first-order valence-electron chi connectivity index (χ1n) is 10.5. The quantitative estimate of drug-likeness (QED) is 0.436. The Morgan fingerprint density at radius 2 is 1.45 bits per heavy atom. The maximum atomic E-state index is 11.5. The number of ether oxygens (including phenoxy) is 1. The zero-order valence-corrected chi connectivity index (χ0v) is 20.1. The Morgan fingerprint density at radius 3 is 2.06 bits per heavy atom. The number of benzene rings is 2. The van der Waals surface area contributed by atoms with Crippen molar-refractivity contribution in [3.8, 4) is 11.5 Å². The van der Waals surface area contributed by atoms with Crippen LogP contribution < -0.4 is 15.4 Å². The van der Waals surface area contributed by atoms with E-state index < -0.39 is 0 Å². The van der Waals surface area contributed by atoms with Crippen molar-refractivity contribution in [3.05, 3.63) is 44.3 Å². The molecule has 1 fully saturated rings. The third kappa shape index (κ3) is 5.41. The standard InChI is InChI=1S/C14H16BrNO2.C9H8BrNO2/c15-11-6-10-4-5-13(17)16-14(10)12(7-11)18-8-9-2-1-3-9;10-6-3-5-1-2-8(13)11-9(5)7(12)4-6/h6-7,9H,1-5,8H2,(H,16,17);3-4,12H,1-2H2,(H,11,13). The number of rotatable bonds is 3. The van der Waals surface area contributed by atoms with Gasteiger partial charge in [0.15, 0.2) is 0 Å². The van der Waals surface area contributed by atoms with Crippen LogP contribution in [0.2, 0.25) is 0 Å². The minimum absolute atomic E-state index is 0.0369. The Hall–Kier alpha value is -2.06. The zero-order valence-electron chi connectivity index (χ0n) is 17.0. The van der Waals surface area contributed by atoms with Gasteiger partial charge in [0.05, 0.1) is 18.0 Å². The molecule has 1 saturated carbocycles. The minimum Gasteiger partial charge on any atom is -0.506 e. The fourth-order valence-electron chi connectivity index (χ4n) is 3.85. The van der Waals surface area contributed by atoms with Crippen LogP contribution >= 0.6 is 31.9 Å². The summed E-state index contributed by atoms with van der Waals surface area (Å²) in [6.45, 7) is 0.763. The summed E-state index contributed by atoms with van der Waals surface area (Å²) in [6, 6.07) is 7.49. The number of carbonyl (C=O) groups is 2. The van der Waals surface area contributed by atoms with Gasteiger partial charge in [-0.3, -0.25) is 9.59 Å². The number of phenols is 1. The summed E-state index contributed by atoms with van der Waals surface area (Å²) in [5.41, 5.74) is 3.56. The van der Waals surface area contributed by atoms with Gasteiger partial charge in [-0.05, 0) is 67.0 Å². The van der Waals surface area contributed by atoms with E-state index in [1.54, 1.807) is 6.07 Å². The van der Waals surface area contributed by atoms with E-state index in [1.807, 2.05) is 12.1 Å². The third-order valence-electron chi connectivity index (χ3n) is 5.78. The molecule has 0 saturated heterocycles. The molecule has 2 aromatic rings. The second-order valence-electron chi connectivity index (χ2n) is 8.10. The third-order valence-corrected chi connectivity index (χ3v) is 6.70. The van der Waals surface area contributed by atoms with E-state index >= 15 is 0 Å². The number of hydrogen-bond acceptors (Lipinski definition) is 4. The van der Waals surface area contributed by atoms with Crippen molar-refractivity contribution < 1.29 is 19.4 Å². The van der Waals surface area contributed by atoms with Gasteiger partial charge < -0.3 is 20.5 Å². The van der Waals surface area contributed by atoms with Crippen LogP contribution in [-0.2, 0) is 22.4 Å². The summed E-state index contributed by atoms with van der Waals surface area (Å²) in [7, 11) is 0. The Kier molecular flexibility index (Phi) is 6.86. The molecule has 2 aromatic carbocycles. The van der Waals surface area contributed by atoms with Crippen LogP contribution in [0, 0.1) is 5.92 Å². The normalized spacial score (nSPS) is 17.2. The lowest BCUT2D eigenvalue weighted by Crippen LogP contribution is -2.22. The predicted molar refractivity (Wildman–Crippen MR) is 127 cm³/mol. The van der Waals surface area contributed by atoms with Crippen LogP contribution in [0.4, 0.5) is 11.4 Å². The van der Waals surface area contributed by atoms with E-state index in [1.165, 1.54) is 19.3 Å². The van der Waals surface area contributed by atoms with Crippen molar-refractivity contribution in [2.45, 2.75) is 44.9 Å². The Labute approximate surface area is 198 Å². The molecule has 2 heterocycles. The fourth-order valence-corrected chi connectivity index (χ4v) is 4.82. The summed E-state index contributed by atoms with van der Waals surface area (Å²) in [5.74, 6) is 1.67. The predicted octanol–water partition coefficient (Wildman–Crippen LogP) is 5.55. The van der Waals surface area contributed by atoms with Crippen LogP contribution in [0.3, 0.4) is 0 Å². The number of fused-ring (bicyclic) bond motifs is 2. The van der Waals surface area contributed by atoms with Crippen molar-refractivity contribution in [2.24, 2.45) is 5.92 Å². The topological polar surface area (TPSA) is 87.7 Å². The second kappa shape index (κ2) is 9.61. The van der Waals surface area contributed by atoms with Crippen molar-refractivity contribution >= 4 is 55.0 Å². The second-order valence-corrected chi connectivity index (χ2v) is 9.93. The molecule has 0 spiro atoms. The molecule has 31 heavy (non-hydrogen) atoms. The molecule has 3 N–H and O–H groups in total. The fraction of sp³-hybridized carbons (Fsp3) is 0.391. The molecule has 5 rings (SSSR count). The lowest BCUT2D eigenvalue weighted by Gasteiger charge is -2.27. The number of amides is 2. The highest BCUT2D eigenvalue weighted by Crippen LogP contribution is 2.37. The molecular formula is C23H24Br2N2O4. The number of anilines is 2. The van der Waals surface area contributed by atoms with Gasteiger partial charge in [0.25, 0.3) is 0 Å². The number of phenolic OH excluding ortho intramolecular Hbond substituents is 1. The summed E-state index contributed by atoms with van der Waals surface area (Å²) >= 11 is 6.79. The van der Waals surface area contributed by atoms with Crippen LogP contribution in [0.5, 0.6) is 11.5 Å². The molecule has 2 amide bonds. The maximum absolute atomic E-state index is 11.5. The van der Waals surface area contributed by atoms with Crippen LogP contribution in [-0.4, -0.2) is 23.5 Å². The highest BCUT2D eigenvalue weighted by Gasteiger charge is 2.22. The molecule has 164 valence electrons. The Balaban J connectivity index is 0.000000158. The highest BCUT2D eigenvalue weighted by atomic mass is 79.9. The Morgan fingerprint density at radius 1 is 0.871 bits per heavy atom. The molecule has 6 nitrogen and oxygen atoms in total. The van der Waals surface area contributed by atoms with E-state index in [4.69, 9.17) is 4.74 Å². The largest absolute Gasteiger partial charge is 0.506 e. The molecular weight excluding hydrogens is 528 g/mol. The van der Waals surface area contributed by atoms with Gasteiger partial charge in [-0.1, -0.05) is 38.3 Å². The van der Waals surface area contributed by atoms with Gasteiger partial charge in [-0.25, -0.2) is 0 Å². The van der Waals surface area contributed by atoms with Gasteiger partial charge in [-0.2, -0.15) is 0 Å². The van der Waals surface area contributed by atoms with E-state index in [0.29, 0.717) is 30.9 Å². The molecule has 8 heteroatoms.